The van der Waals surface area contributed by atoms with Crippen LogP contribution in [0.1, 0.15) is 44.0 Å². The minimum Gasteiger partial charge on any atom is -0.478 e. The van der Waals surface area contributed by atoms with Gasteiger partial charge in [0, 0.05) is 13.1 Å². The predicted molar refractivity (Wildman–Crippen MR) is 101 cm³/mol. The molecule has 0 fully saturated rings. The molecule has 1 heterocycles. The van der Waals surface area contributed by atoms with E-state index < -0.39 is 28.1 Å². The van der Waals surface area contributed by atoms with E-state index in [0.29, 0.717) is 18.9 Å². The number of nitrogens with zero attached hydrogens (tertiary/aromatic N) is 2. The molecule has 3 N–H and O–H groups in total. The van der Waals surface area contributed by atoms with Crippen LogP contribution in [0.25, 0.3) is 0 Å². The number of carboxylic acid groups (broad SMARTS) is 2. The number of carbonyl (C=O) groups is 2. The van der Waals surface area contributed by atoms with Crippen LogP contribution in [-0.4, -0.2) is 60.6 Å². The van der Waals surface area contributed by atoms with Crippen molar-refractivity contribution in [2.45, 2.75) is 39.8 Å². The number of pyridine rings is 1. The van der Waals surface area contributed by atoms with E-state index in [1.54, 1.807) is 0 Å². The topological polar surface area (TPSA) is 137 Å². The van der Waals surface area contributed by atoms with E-state index in [-0.39, 0.29) is 17.0 Å². The summed E-state index contributed by atoms with van der Waals surface area (Å²) in [5.41, 5.74) is 0.161. The highest BCUT2D eigenvalue weighted by molar-refractivity contribution is 7.92. The summed E-state index contributed by atoms with van der Waals surface area (Å²) in [6.07, 6.45) is -2.00. The van der Waals surface area contributed by atoms with Crippen LogP contribution in [-0.2, 0) is 14.8 Å². The molecular formula is C16H24F3N3O6S. The van der Waals surface area contributed by atoms with E-state index in [9.17, 15) is 31.5 Å². The van der Waals surface area contributed by atoms with Gasteiger partial charge in [-0.1, -0.05) is 13.8 Å². The van der Waals surface area contributed by atoms with Crippen molar-refractivity contribution in [1.29, 1.82) is 0 Å². The molecule has 0 spiro atoms. The Labute approximate surface area is 166 Å². The number of rotatable bonds is 9. The van der Waals surface area contributed by atoms with E-state index in [4.69, 9.17) is 9.90 Å². The SMILES string of the molecule is CCCN(CCC)c1ncc(NS(=O)(=O)CC)cc1C(=O)O.O=C(O)C(F)(F)F. The van der Waals surface area contributed by atoms with E-state index >= 15 is 0 Å². The third-order valence-electron chi connectivity index (χ3n) is 3.28. The number of anilines is 2. The van der Waals surface area contributed by atoms with Crippen LogP contribution >= 0.6 is 0 Å². The van der Waals surface area contributed by atoms with Gasteiger partial charge in [0.25, 0.3) is 0 Å². The Morgan fingerprint density at radius 1 is 1.14 bits per heavy atom. The summed E-state index contributed by atoms with van der Waals surface area (Å²) >= 11 is 0. The second kappa shape index (κ2) is 11.4. The maximum absolute atomic E-state index is 11.6. The molecule has 1 aromatic heterocycles. The summed E-state index contributed by atoms with van der Waals surface area (Å²) < 4.78 is 57.2. The fraction of sp³-hybridized carbons (Fsp3) is 0.562. The normalized spacial score (nSPS) is 11.2. The lowest BCUT2D eigenvalue weighted by Gasteiger charge is -2.24. The molecule has 0 bridgehead atoms. The van der Waals surface area contributed by atoms with Gasteiger partial charge in [0.15, 0.2) is 0 Å². The molecule has 9 nitrogen and oxygen atoms in total. The molecule has 0 saturated heterocycles. The fourth-order valence-corrected chi connectivity index (χ4v) is 2.65. The third kappa shape index (κ3) is 9.45. The van der Waals surface area contributed by atoms with Crippen molar-refractivity contribution in [3.63, 3.8) is 0 Å². The number of sulfonamides is 1. The second-order valence-electron chi connectivity index (χ2n) is 5.70. The Morgan fingerprint density at radius 3 is 1.97 bits per heavy atom. The summed E-state index contributed by atoms with van der Waals surface area (Å²) in [7, 11) is -3.47. The number of nitrogens with one attached hydrogen (secondary N) is 1. The third-order valence-corrected chi connectivity index (χ3v) is 4.59. The van der Waals surface area contributed by atoms with Crippen LogP contribution in [0.2, 0.25) is 0 Å². The molecule has 0 amide bonds. The standard InChI is InChI=1S/C14H23N3O4S.C2HF3O2/c1-4-7-17(8-5-2)13-12(14(18)19)9-11(10-15-13)16-22(20,21)6-3;3-2(4,5)1(6)7/h9-10,16H,4-8H2,1-3H3,(H,18,19);(H,6,7). The van der Waals surface area contributed by atoms with Gasteiger partial charge in [-0.3, -0.25) is 4.72 Å². The molecule has 0 aromatic carbocycles. The second-order valence-corrected chi connectivity index (χ2v) is 7.71. The van der Waals surface area contributed by atoms with Crippen molar-refractivity contribution >= 4 is 33.5 Å². The van der Waals surface area contributed by atoms with Crippen molar-refractivity contribution in [3.05, 3.63) is 17.8 Å². The van der Waals surface area contributed by atoms with Gasteiger partial charge < -0.3 is 15.1 Å². The van der Waals surface area contributed by atoms with Crippen molar-refractivity contribution in [2.24, 2.45) is 0 Å². The molecule has 0 aliphatic rings. The van der Waals surface area contributed by atoms with Crippen LogP contribution in [0.4, 0.5) is 24.7 Å². The Hall–Kier alpha value is -2.57. The number of aromatic carboxylic acids is 1. The summed E-state index contributed by atoms with van der Waals surface area (Å²) in [5.74, 6) is -3.60. The van der Waals surface area contributed by atoms with Gasteiger partial charge in [-0.2, -0.15) is 13.2 Å². The zero-order valence-corrected chi connectivity index (χ0v) is 17.0. The number of aliphatic carboxylic acids is 1. The van der Waals surface area contributed by atoms with E-state index in [1.807, 2.05) is 18.7 Å². The molecular weight excluding hydrogens is 419 g/mol. The first-order chi connectivity index (χ1) is 13.3. The van der Waals surface area contributed by atoms with Gasteiger partial charge in [0.2, 0.25) is 10.0 Å². The maximum atomic E-state index is 11.6. The molecule has 0 aliphatic heterocycles. The number of aromatic nitrogens is 1. The fourth-order valence-electron chi connectivity index (χ4n) is 2.04. The Kier molecular flexibility index (Phi) is 10.4. The lowest BCUT2D eigenvalue weighted by molar-refractivity contribution is -0.192. The zero-order chi connectivity index (χ0) is 22.8. The van der Waals surface area contributed by atoms with Gasteiger partial charge in [0.05, 0.1) is 17.6 Å². The van der Waals surface area contributed by atoms with Crippen molar-refractivity contribution in [1.82, 2.24) is 4.98 Å². The minimum absolute atomic E-state index is 0.00166. The first-order valence-electron chi connectivity index (χ1n) is 8.57. The monoisotopic (exact) mass is 443 g/mol. The van der Waals surface area contributed by atoms with Crippen LogP contribution in [0, 0.1) is 0 Å². The number of hydrogen-bond acceptors (Lipinski definition) is 6. The number of halogens is 3. The number of alkyl halides is 3. The smallest absolute Gasteiger partial charge is 0.478 e. The number of hydrogen-bond donors (Lipinski definition) is 3. The van der Waals surface area contributed by atoms with Crippen LogP contribution < -0.4 is 9.62 Å². The highest BCUT2D eigenvalue weighted by Gasteiger charge is 2.38. The highest BCUT2D eigenvalue weighted by atomic mass is 32.2. The van der Waals surface area contributed by atoms with Gasteiger partial charge >= 0.3 is 18.1 Å². The average molecular weight is 443 g/mol. The maximum Gasteiger partial charge on any atom is 0.490 e. The summed E-state index contributed by atoms with van der Waals surface area (Å²) in [5, 5.41) is 16.5. The summed E-state index contributed by atoms with van der Waals surface area (Å²) in [4.78, 5) is 26.5. The van der Waals surface area contributed by atoms with Crippen LogP contribution in [0.15, 0.2) is 12.3 Å². The van der Waals surface area contributed by atoms with Gasteiger partial charge in [-0.05, 0) is 25.8 Å². The number of carboxylic acids is 2. The Balaban J connectivity index is 0.000000956. The van der Waals surface area contributed by atoms with Crippen molar-refractivity contribution in [2.75, 3.05) is 28.5 Å². The zero-order valence-electron chi connectivity index (χ0n) is 16.2. The summed E-state index contributed by atoms with van der Waals surface area (Å²) in [6.45, 7) is 6.91. The lowest BCUT2D eigenvalue weighted by Crippen LogP contribution is -2.28. The lowest BCUT2D eigenvalue weighted by atomic mass is 10.2. The van der Waals surface area contributed by atoms with Crippen molar-refractivity contribution < 1.29 is 41.4 Å². The van der Waals surface area contributed by atoms with Gasteiger partial charge in [-0.15, -0.1) is 0 Å². The molecule has 29 heavy (non-hydrogen) atoms. The van der Waals surface area contributed by atoms with E-state index in [0.717, 1.165) is 12.8 Å². The first kappa shape index (κ1) is 26.4. The molecule has 13 heteroatoms. The molecule has 1 rings (SSSR count). The first-order valence-corrected chi connectivity index (χ1v) is 10.2. The largest absolute Gasteiger partial charge is 0.490 e. The highest BCUT2D eigenvalue weighted by Crippen LogP contribution is 2.22. The van der Waals surface area contributed by atoms with Gasteiger partial charge in [0.1, 0.15) is 11.4 Å². The quantitative estimate of drug-likeness (QED) is 0.530. The Morgan fingerprint density at radius 2 is 1.62 bits per heavy atom. The Bertz CT molecular complexity index is 794. The molecule has 0 radical (unpaired) electrons. The average Bonchev–Trinajstić information content (AvgIpc) is 2.61. The molecule has 0 aliphatic carbocycles. The molecule has 0 unspecified atom stereocenters. The summed E-state index contributed by atoms with van der Waals surface area (Å²) in [6, 6.07) is 1.32. The van der Waals surface area contributed by atoms with Crippen LogP contribution in [0.5, 0.6) is 0 Å². The van der Waals surface area contributed by atoms with E-state index in [2.05, 4.69) is 9.71 Å². The van der Waals surface area contributed by atoms with Crippen molar-refractivity contribution in [3.8, 4) is 0 Å². The molecule has 0 atom stereocenters. The molecule has 0 saturated carbocycles. The predicted octanol–water partition coefficient (Wildman–Crippen LogP) is 2.80. The minimum atomic E-state index is -5.08. The molecule has 1 aromatic rings. The van der Waals surface area contributed by atoms with Gasteiger partial charge in [-0.25, -0.2) is 23.0 Å². The molecule has 166 valence electrons. The van der Waals surface area contributed by atoms with Crippen LogP contribution in [0.3, 0.4) is 0 Å². The van der Waals surface area contributed by atoms with E-state index in [1.165, 1.54) is 19.2 Å².